The van der Waals surface area contributed by atoms with Crippen LogP contribution in [0.5, 0.6) is 0 Å². The molecule has 0 bridgehead atoms. The molecule has 0 spiro atoms. The fourth-order valence-corrected chi connectivity index (χ4v) is 4.24. The summed E-state index contributed by atoms with van der Waals surface area (Å²) in [4.78, 5) is 0.122. The third kappa shape index (κ3) is 3.39. The highest BCUT2D eigenvalue weighted by Crippen LogP contribution is 2.37. The SMILES string of the molecule is Cc1cc(N)c(S(=O)(=O)NCC2(CO)CCCC2)cc1C. The molecule has 0 heterocycles. The van der Waals surface area contributed by atoms with E-state index in [2.05, 4.69) is 4.72 Å². The Hall–Kier alpha value is -1.11. The second-order valence-electron chi connectivity index (χ2n) is 6.16. The van der Waals surface area contributed by atoms with Gasteiger partial charge in [0.25, 0.3) is 0 Å². The molecule has 0 amide bonds. The molecule has 1 aliphatic rings. The van der Waals surface area contributed by atoms with E-state index in [4.69, 9.17) is 5.73 Å². The van der Waals surface area contributed by atoms with Crippen LogP contribution in [0.4, 0.5) is 5.69 Å². The standard InChI is InChI=1S/C15H24N2O3S/c1-11-7-13(16)14(8-12(11)2)21(19,20)17-9-15(10-18)5-3-4-6-15/h7-8,17-18H,3-6,9-10,16H2,1-2H3. The molecule has 1 saturated carbocycles. The molecule has 0 unspecified atom stereocenters. The summed E-state index contributed by atoms with van der Waals surface area (Å²) in [5.41, 5.74) is 7.66. The smallest absolute Gasteiger partial charge is 0.242 e. The Kier molecular flexibility index (Phi) is 4.60. The molecule has 1 aliphatic carbocycles. The zero-order valence-electron chi connectivity index (χ0n) is 12.6. The van der Waals surface area contributed by atoms with Crippen molar-refractivity contribution in [3.05, 3.63) is 23.3 Å². The molecule has 1 aromatic carbocycles. The van der Waals surface area contributed by atoms with Crippen LogP contribution in [0.15, 0.2) is 17.0 Å². The van der Waals surface area contributed by atoms with Gasteiger partial charge in [-0.3, -0.25) is 0 Å². The van der Waals surface area contributed by atoms with E-state index in [1.54, 1.807) is 12.1 Å². The average molecular weight is 312 g/mol. The van der Waals surface area contributed by atoms with Crippen LogP contribution in [0, 0.1) is 19.3 Å². The third-order valence-electron chi connectivity index (χ3n) is 4.55. The molecule has 118 valence electrons. The van der Waals surface area contributed by atoms with E-state index in [0.717, 1.165) is 36.8 Å². The molecule has 1 fully saturated rings. The summed E-state index contributed by atoms with van der Waals surface area (Å²) in [6.45, 7) is 4.03. The number of nitrogens with two attached hydrogens (primary N) is 1. The van der Waals surface area contributed by atoms with Gasteiger partial charge in [-0.2, -0.15) is 0 Å². The second-order valence-corrected chi connectivity index (χ2v) is 7.90. The molecule has 0 aliphatic heterocycles. The van der Waals surface area contributed by atoms with Gasteiger partial charge in [-0.05, 0) is 49.9 Å². The van der Waals surface area contributed by atoms with Crippen molar-refractivity contribution in [1.82, 2.24) is 4.72 Å². The fourth-order valence-electron chi connectivity index (χ4n) is 2.89. The molecule has 0 saturated heterocycles. The van der Waals surface area contributed by atoms with Crippen LogP contribution >= 0.6 is 0 Å². The van der Waals surface area contributed by atoms with E-state index in [1.165, 1.54) is 0 Å². The summed E-state index contributed by atoms with van der Waals surface area (Å²) in [5, 5.41) is 9.56. The predicted molar refractivity (Wildman–Crippen MR) is 83.5 cm³/mol. The first-order chi connectivity index (χ1) is 9.80. The summed E-state index contributed by atoms with van der Waals surface area (Å²) in [6.07, 6.45) is 3.78. The number of hydrogen-bond acceptors (Lipinski definition) is 4. The lowest BCUT2D eigenvalue weighted by atomic mass is 9.88. The van der Waals surface area contributed by atoms with Crippen LogP contribution in [-0.2, 0) is 10.0 Å². The molecule has 6 heteroatoms. The van der Waals surface area contributed by atoms with Crippen LogP contribution in [0.3, 0.4) is 0 Å². The van der Waals surface area contributed by atoms with Crippen LogP contribution in [0.2, 0.25) is 0 Å². The van der Waals surface area contributed by atoms with Crippen LogP contribution in [0.25, 0.3) is 0 Å². The van der Waals surface area contributed by atoms with Gasteiger partial charge in [-0.15, -0.1) is 0 Å². The number of anilines is 1. The van der Waals surface area contributed by atoms with Gasteiger partial charge >= 0.3 is 0 Å². The van der Waals surface area contributed by atoms with E-state index in [-0.39, 0.29) is 29.1 Å². The van der Waals surface area contributed by atoms with Crippen molar-refractivity contribution in [1.29, 1.82) is 0 Å². The molecule has 4 N–H and O–H groups in total. The van der Waals surface area contributed by atoms with Crippen molar-refractivity contribution >= 4 is 15.7 Å². The van der Waals surface area contributed by atoms with Gasteiger partial charge in [-0.1, -0.05) is 12.8 Å². The Bertz CT molecular complexity index is 620. The zero-order chi connectivity index (χ0) is 15.7. The number of hydrogen-bond donors (Lipinski definition) is 3. The summed E-state index contributed by atoms with van der Waals surface area (Å²) in [6, 6.07) is 3.29. The van der Waals surface area contributed by atoms with Crippen molar-refractivity contribution in [3.63, 3.8) is 0 Å². The Morgan fingerprint density at radius 3 is 2.38 bits per heavy atom. The number of nitrogen functional groups attached to an aromatic ring is 1. The maximum absolute atomic E-state index is 12.5. The predicted octanol–water partition coefficient (Wildman–Crippen LogP) is 1.72. The van der Waals surface area contributed by atoms with E-state index in [0.29, 0.717) is 0 Å². The van der Waals surface area contributed by atoms with Gasteiger partial charge in [0.2, 0.25) is 10.0 Å². The van der Waals surface area contributed by atoms with Crippen LogP contribution in [0.1, 0.15) is 36.8 Å². The first-order valence-electron chi connectivity index (χ1n) is 7.27. The Morgan fingerprint density at radius 2 is 1.81 bits per heavy atom. The molecular formula is C15H24N2O3S. The van der Waals surface area contributed by atoms with E-state index >= 15 is 0 Å². The number of rotatable bonds is 5. The largest absolute Gasteiger partial charge is 0.398 e. The summed E-state index contributed by atoms with van der Waals surface area (Å²) < 4.78 is 27.5. The summed E-state index contributed by atoms with van der Waals surface area (Å²) in [7, 11) is -3.65. The number of aryl methyl sites for hydroxylation is 2. The van der Waals surface area contributed by atoms with Crippen molar-refractivity contribution < 1.29 is 13.5 Å². The number of nitrogens with one attached hydrogen (secondary N) is 1. The third-order valence-corrected chi connectivity index (χ3v) is 6.01. The van der Waals surface area contributed by atoms with Crippen molar-refractivity contribution in [3.8, 4) is 0 Å². The van der Waals surface area contributed by atoms with Gasteiger partial charge in [0, 0.05) is 18.6 Å². The highest BCUT2D eigenvalue weighted by atomic mass is 32.2. The van der Waals surface area contributed by atoms with E-state index in [9.17, 15) is 13.5 Å². The topological polar surface area (TPSA) is 92.4 Å². The molecule has 0 radical (unpaired) electrons. The minimum absolute atomic E-state index is 0.0118. The maximum atomic E-state index is 12.5. The average Bonchev–Trinajstić information content (AvgIpc) is 2.90. The Labute approximate surface area is 126 Å². The van der Waals surface area contributed by atoms with E-state index in [1.807, 2.05) is 13.8 Å². The zero-order valence-corrected chi connectivity index (χ0v) is 13.5. The molecule has 1 aromatic rings. The molecule has 0 atom stereocenters. The number of sulfonamides is 1. The maximum Gasteiger partial charge on any atom is 0.242 e. The normalized spacial score (nSPS) is 18.0. The number of aliphatic hydroxyl groups is 1. The molecular weight excluding hydrogens is 288 g/mol. The van der Waals surface area contributed by atoms with Crippen molar-refractivity contribution in [2.45, 2.75) is 44.4 Å². The molecule has 2 rings (SSSR count). The van der Waals surface area contributed by atoms with Crippen molar-refractivity contribution in [2.24, 2.45) is 5.41 Å². The van der Waals surface area contributed by atoms with Gasteiger partial charge in [0.15, 0.2) is 0 Å². The van der Waals surface area contributed by atoms with Crippen LogP contribution < -0.4 is 10.5 Å². The highest BCUT2D eigenvalue weighted by molar-refractivity contribution is 7.89. The lowest BCUT2D eigenvalue weighted by Gasteiger charge is -2.26. The van der Waals surface area contributed by atoms with Crippen molar-refractivity contribution in [2.75, 3.05) is 18.9 Å². The monoisotopic (exact) mass is 312 g/mol. The lowest BCUT2D eigenvalue weighted by Crippen LogP contribution is -2.38. The van der Waals surface area contributed by atoms with Gasteiger partial charge in [0.05, 0.1) is 5.69 Å². The van der Waals surface area contributed by atoms with E-state index < -0.39 is 10.0 Å². The Balaban J connectivity index is 2.21. The van der Waals surface area contributed by atoms with Gasteiger partial charge < -0.3 is 10.8 Å². The summed E-state index contributed by atoms with van der Waals surface area (Å²) >= 11 is 0. The quantitative estimate of drug-likeness (QED) is 0.722. The van der Waals surface area contributed by atoms with Gasteiger partial charge in [0.1, 0.15) is 4.90 Å². The number of aliphatic hydroxyl groups excluding tert-OH is 1. The highest BCUT2D eigenvalue weighted by Gasteiger charge is 2.34. The van der Waals surface area contributed by atoms with Crippen LogP contribution in [-0.4, -0.2) is 26.7 Å². The minimum Gasteiger partial charge on any atom is -0.398 e. The molecule has 5 nitrogen and oxygen atoms in total. The fraction of sp³-hybridized carbons (Fsp3) is 0.600. The second kappa shape index (κ2) is 5.94. The lowest BCUT2D eigenvalue weighted by molar-refractivity contribution is 0.134. The molecule has 21 heavy (non-hydrogen) atoms. The Morgan fingerprint density at radius 1 is 1.24 bits per heavy atom. The number of benzene rings is 1. The summed E-state index contributed by atoms with van der Waals surface area (Å²) in [5.74, 6) is 0. The minimum atomic E-state index is -3.65. The first-order valence-corrected chi connectivity index (χ1v) is 8.75. The molecule has 0 aromatic heterocycles. The first kappa shape index (κ1) is 16.3. The van der Waals surface area contributed by atoms with Gasteiger partial charge in [-0.25, -0.2) is 13.1 Å².